The molecule has 0 aliphatic heterocycles. The fourth-order valence-corrected chi connectivity index (χ4v) is 2.27. The van der Waals surface area contributed by atoms with Crippen molar-refractivity contribution in [1.29, 1.82) is 0 Å². The van der Waals surface area contributed by atoms with Gasteiger partial charge in [0.2, 0.25) is 0 Å². The van der Waals surface area contributed by atoms with Gasteiger partial charge in [-0.1, -0.05) is 42.5 Å². The summed E-state index contributed by atoms with van der Waals surface area (Å²) in [5.41, 5.74) is 1.24. The molecule has 1 nitrogen and oxygen atoms in total. The predicted octanol–water partition coefficient (Wildman–Crippen LogP) is 4.06. The summed E-state index contributed by atoms with van der Waals surface area (Å²) in [6.07, 6.45) is 0. The van der Waals surface area contributed by atoms with Crippen molar-refractivity contribution in [2.45, 2.75) is 0 Å². The molecular weight excluding hydrogens is 206 g/mol. The predicted molar refractivity (Wildman–Crippen MR) is 75.8 cm³/mol. The molecule has 84 valence electrons. The van der Waals surface area contributed by atoms with Crippen LogP contribution < -0.4 is 4.90 Å². The molecular formula is C16H15N. The summed E-state index contributed by atoms with van der Waals surface area (Å²) in [7, 11) is 4.15. The first-order valence-electron chi connectivity index (χ1n) is 5.84. The van der Waals surface area contributed by atoms with Crippen LogP contribution in [-0.4, -0.2) is 14.1 Å². The second-order valence-corrected chi connectivity index (χ2v) is 4.59. The monoisotopic (exact) mass is 221 g/mol. The molecule has 0 heterocycles. The molecule has 0 amide bonds. The zero-order chi connectivity index (χ0) is 11.8. The van der Waals surface area contributed by atoms with Crippen LogP contribution in [0.1, 0.15) is 0 Å². The Labute approximate surface area is 101 Å². The minimum atomic E-state index is 1.24. The molecule has 0 unspecified atom stereocenters. The van der Waals surface area contributed by atoms with Gasteiger partial charge in [0.25, 0.3) is 0 Å². The highest BCUT2D eigenvalue weighted by Gasteiger charge is 2.02. The Bertz CT molecular complexity index is 683. The molecule has 0 atom stereocenters. The summed E-state index contributed by atoms with van der Waals surface area (Å²) in [6, 6.07) is 19.5. The quantitative estimate of drug-likeness (QED) is 0.560. The lowest BCUT2D eigenvalue weighted by Gasteiger charge is -2.14. The summed E-state index contributed by atoms with van der Waals surface area (Å²) in [6.45, 7) is 0. The van der Waals surface area contributed by atoms with Gasteiger partial charge in [0.15, 0.2) is 0 Å². The van der Waals surface area contributed by atoms with E-state index in [1.165, 1.54) is 27.2 Å². The van der Waals surface area contributed by atoms with Crippen LogP contribution in [0.2, 0.25) is 0 Å². The number of rotatable bonds is 1. The summed E-state index contributed by atoms with van der Waals surface area (Å²) >= 11 is 0. The molecule has 3 rings (SSSR count). The van der Waals surface area contributed by atoms with E-state index < -0.39 is 0 Å². The van der Waals surface area contributed by atoms with Crippen LogP contribution in [0, 0.1) is 0 Å². The van der Waals surface area contributed by atoms with E-state index in [0.29, 0.717) is 0 Å². The Kier molecular flexibility index (Phi) is 2.25. The van der Waals surface area contributed by atoms with Gasteiger partial charge in [-0.2, -0.15) is 0 Å². The van der Waals surface area contributed by atoms with Gasteiger partial charge >= 0.3 is 0 Å². The Morgan fingerprint density at radius 2 is 1.35 bits per heavy atom. The van der Waals surface area contributed by atoms with Crippen molar-refractivity contribution in [3.63, 3.8) is 0 Å². The normalized spacial score (nSPS) is 10.9. The molecule has 0 fully saturated rings. The molecule has 3 aromatic rings. The first-order chi connectivity index (χ1) is 8.25. The summed E-state index contributed by atoms with van der Waals surface area (Å²) in [5, 5.41) is 5.26. The van der Waals surface area contributed by atoms with Crippen molar-refractivity contribution in [1.82, 2.24) is 0 Å². The number of anilines is 1. The van der Waals surface area contributed by atoms with Crippen molar-refractivity contribution in [2.75, 3.05) is 19.0 Å². The van der Waals surface area contributed by atoms with Crippen LogP contribution in [0.25, 0.3) is 21.5 Å². The number of nitrogens with zero attached hydrogens (tertiary/aromatic N) is 1. The number of fused-ring (bicyclic) bond motifs is 3. The lowest BCUT2D eigenvalue weighted by molar-refractivity contribution is 1.14. The van der Waals surface area contributed by atoms with Crippen molar-refractivity contribution in [3.05, 3.63) is 54.6 Å². The third kappa shape index (κ3) is 1.64. The zero-order valence-electron chi connectivity index (χ0n) is 10.1. The molecule has 0 bridgehead atoms. The van der Waals surface area contributed by atoms with Crippen LogP contribution >= 0.6 is 0 Å². The Morgan fingerprint density at radius 1 is 0.706 bits per heavy atom. The van der Waals surface area contributed by atoms with Crippen LogP contribution in [0.15, 0.2) is 54.6 Å². The van der Waals surface area contributed by atoms with E-state index in [2.05, 4.69) is 73.6 Å². The second-order valence-electron chi connectivity index (χ2n) is 4.59. The fourth-order valence-electron chi connectivity index (χ4n) is 2.27. The largest absolute Gasteiger partial charge is 0.378 e. The number of hydrogen-bond donors (Lipinski definition) is 0. The minimum Gasteiger partial charge on any atom is -0.378 e. The van der Waals surface area contributed by atoms with E-state index in [-0.39, 0.29) is 0 Å². The summed E-state index contributed by atoms with van der Waals surface area (Å²) in [5.74, 6) is 0. The topological polar surface area (TPSA) is 3.24 Å². The van der Waals surface area contributed by atoms with E-state index in [1.54, 1.807) is 0 Å². The smallest absolute Gasteiger partial charge is 0.0367 e. The van der Waals surface area contributed by atoms with Gasteiger partial charge in [0, 0.05) is 19.8 Å². The number of benzene rings is 3. The second kappa shape index (κ2) is 3.77. The summed E-state index contributed by atoms with van der Waals surface area (Å²) < 4.78 is 0. The third-order valence-corrected chi connectivity index (χ3v) is 3.25. The molecule has 0 N–H and O–H groups in total. The molecule has 0 saturated heterocycles. The van der Waals surface area contributed by atoms with Gasteiger partial charge in [-0.3, -0.25) is 0 Å². The summed E-state index contributed by atoms with van der Waals surface area (Å²) in [4.78, 5) is 2.14. The van der Waals surface area contributed by atoms with Crippen molar-refractivity contribution in [3.8, 4) is 0 Å². The van der Waals surface area contributed by atoms with Crippen LogP contribution in [-0.2, 0) is 0 Å². The first kappa shape index (κ1) is 10.2. The highest BCUT2D eigenvalue weighted by atomic mass is 15.1. The van der Waals surface area contributed by atoms with E-state index in [0.717, 1.165) is 0 Å². The lowest BCUT2D eigenvalue weighted by atomic mass is 10.0. The minimum absolute atomic E-state index is 1.24. The molecule has 0 aliphatic rings. The van der Waals surface area contributed by atoms with E-state index in [9.17, 15) is 0 Å². The van der Waals surface area contributed by atoms with Crippen LogP contribution in [0.5, 0.6) is 0 Å². The van der Waals surface area contributed by atoms with Gasteiger partial charge in [0.1, 0.15) is 0 Å². The van der Waals surface area contributed by atoms with Crippen LogP contribution in [0.3, 0.4) is 0 Å². The van der Waals surface area contributed by atoms with E-state index >= 15 is 0 Å². The molecule has 0 spiro atoms. The van der Waals surface area contributed by atoms with Crippen molar-refractivity contribution in [2.24, 2.45) is 0 Å². The molecule has 0 saturated carbocycles. The molecule has 1 heteroatoms. The van der Waals surface area contributed by atoms with E-state index in [1.807, 2.05) is 0 Å². The SMILES string of the molecule is CN(C)c1ccc2ccc3ccccc3c2c1. The molecule has 0 radical (unpaired) electrons. The number of hydrogen-bond acceptors (Lipinski definition) is 1. The maximum atomic E-state index is 2.26. The van der Waals surface area contributed by atoms with Gasteiger partial charge in [-0.15, -0.1) is 0 Å². The zero-order valence-corrected chi connectivity index (χ0v) is 10.1. The highest BCUT2D eigenvalue weighted by Crippen LogP contribution is 2.28. The lowest BCUT2D eigenvalue weighted by Crippen LogP contribution is -2.08. The van der Waals surface area contributed by atoms with Crippen molar-refractivity contribution >= 4 is 27.2 Å². The molecule has 3 aromatic carbocycles. The maximum absolute atomic E-state index is 2.26. The van der Waals surface area contributed by atoms with Gasteiger partial charge < -0.3 is 4.90 Å². The average molecular weight is 221 g/mol. The molecule has 0 aromatic heterocycles. The Morgan fingerprint density at radius 3 is 2.12 bits per heavy atom. The molecule has 0 aliphatic carbocycles. The van der Waals surface area contributed by atoms with Gasteiger partial charge in [0.05, 0.1) is 0 Å². The van der Waals surface area contributed by atoms with Crippen LogP contribution in [0.4, 0.5) is 5.69 Å². The standard InChI is InChI=1S/C16H15N/c1-17(2)14-10-9-13-8-7-12-5-3-4-6-15(12)16(13)11-14/h3-11H,1-2H3. The average Bonchev–Trinajstić information content (AvgIpc) is 2.38. The maximum Gasteiger partial charge on any atom is 0.0367 e. The molecule has 17 heavy (non-hydrogen) atoms. The van der Waals surface area contributed by atoms with Gasteiger partial charge in [-0.05, 0) is 33.7 Å². The van der Waals surface area contributed by atoms with Gasteiger partial charge in [-0.25, -0.2) is 0 Å². The highest BCUT2D eigenvalue weighted by molar-refractivity contribution is 6.08. The third-order valence-electron chi connectivity index (χ3n) is 3.25. The van der Waals surface area contributed by atoms with Crippen molar-refractivity contribution < 1.29 is 0 Å². The Balaban J connectivity index is 2.42. The Hall–Kier alpha value is -2.02. The first-order valence-corrected chi connectivity index (χ1v) is 5.84. The van der Waals surface area contributed by atoms with E-state index in [4.69, 9.17) is 0 Å². The fraction of sp³-hybridized carbons (Fsp3) is 0.125.